The van der Waals surface area contributed by atoms with Crippen LogP contribution in [0.3, 0.4) is 0 Å². The maximum absolute atomic E-state index is 12.2. The number of carbonyl (C=O) groups excluding carboxylic acids is 1. The highest BCUT2D eigenvalue weighted by molar-refractivity contribution is 5.94. The van der Waals surface area contributed by atoms with Gasteiger partial charge in [0, 0.05) is 29.5 Å². The number of aromatic nitrogens is 4. The topological polar surface area (TPSA) is 145 Å². The zero-order chi connectivity index (χ0) is 20.9. The minimum Gasteiger partial charge on any atom is -0.431 e. The summed E-state index contributed by atoms with van der Waals surface area (Å²) in [6, 6.07) is 11.8. The molecule has 0 spiro atoms. The van der Waals surface area contributed by atoms with Crippen LogP contribution in [-0.2, 0) is 0 Å². The van der Waals surface area contributed by atoms with Gasteiger partial charge >= 0.3 is 11.6 Å². The number of hydrogen-bond donors (Lipinski definition) is 2. The molecule has 11 heteroatoms. The summed E-state index contributed by atoms with van der Waals surface area (Å²) in [6.45, 7) is 0. The molecule has 3 aromatic heterocycles. The molecule has 30 heavy (non-hydrogen) atoms. The lowest BCUT2D eigenvalue weighted by Gasteiger charge is -2.11. The van der Waals surface area contributed by atoms with E-state index in [-0.39, 0.29) is 11.7 Å². The van der Waals surface area contributed by atoms with Crippen molar-refractivity contribution in [1.29, 1.82) is 0 Å². The van der Waals surface area contributed by atoms with Crippen LogP contribution < -0.4 is 15.6 Å². The Morgan fingerprint density at radius 1 is 1.00 bits per heavy atom. The highest BCUT2D eigenvalue weighted by Gasteiger charge is 2.26. The Balaban J connectivity index is 1.63. The fourth-order valence-electron chi connectivity index (χ4n) is 2.65. The lowest BCUT2D eigenvalue weighted by molar-refractivity contribution is -0.385. The predicted octanol–water partition coefficient (Wildman–Crippen LogP) is 2.88. The number of carbonyl (C=O) groups is 1. The first-order chi connectivity index (χ1) is 14.6. The number of nitro groups is 1. The van der Waals surface area contributed by atoms with Crippen molar-refractivity contribution in [3.8, 4) is 11.6 Å². The van der Waals surface area contributed by atoms with Gasteiger partial charge in [0.05, 0.1) is 4.92 Å². The van der Waals surface area contributed by atoms with E-state index >= 15 is 0 Å². The lowest BCUT2D eigenvalue weighted by Crippen LogP contribution is -2.30. The van der Waals surface area contributed by atoms with Crippen LogP contribution in [-0.4, -0.2) is 30.8 Å². The van der Waals surface area contributed by atoms with Gasteiger partial charge in [-0.2, -0.15) is 4.98 Å². The molecule has 3 heterocycles. The van der Waals surface area contributed by atoms with Crippen LogP contribution in [0, 0.1) is 10.1 Å². The first-order valence-corrected chi connectivity index (χ1v) is 8.61. The molecule has 0 saturated carbocycles. The average Bonchev–Trinajstić information content (AvgIpc) is 2.78. The molecule has 148 valence electrons. The summed E-state index contributed by atoms with van der Waals surface area (Å²) >= 11 is 0. The minimum absolute atomic E-state index is 0.236. The van der Waals surface area contributed by atoms with Crippen molar-refractivity contribution in [2.45, 2.75) is 0 Å². The molecule has 0 saturated heterocycles. The molecule has 0 aliphatic rings. The van der Waals surface area contributed by atoms with E-state index < -0.39 is 16.5 Å². The third kappa shape index (κ3) is 3.80. The number of amides is 1. The summed E-state index contributed by atoms with van der Waals surface area (Å²) in [6.07, 6.45) is 5.57. The first-order valence-electron chi connectivity index (χ1n) is 8.61. The van der Waals surface area contributed by atoms with Gasteiger partial charge in [-0.15, -0.1) is 0 Å². The number of hydrazine groups is 1. The number of ether oxygens (including phenoxy) is 1. The van der Waals surface area contributed by atoms with Crippen molar-refractivity contribution in [2.75, 3.05) is 5.43 Å². The molecule has 2 N–H and O–H groups in total. The third-order valence-electron chi connectivity index (χ3n) is 4.01. The van der Waals surface area contributed by atoms with E-state index in [1.165, 1.54) is 24.5 Å². The Morgan fingerprint density at radius 3 is 2.60 bits per heavy atom. The molecular formula is C19H13N7O4. The van der Waals surface area contributed by atoms with Crippen LogP contribution in [0.5, 0.6) is 11.6 Å². The second-order valence-corrected chi connectivity index (χ2v) is 5.88. The van der Waals surface area contributed by atoms with E-state index in [0.717, 1.165) is 11.7 Å². The van der Waals surface area contributed by atoms with Crippen molar-refractivity contribution in [1.82, 2.24) is 25.4 Å². The number of fused-ring (bicyclic) bond motifs is 1. The summed E-state index contributed by atoms with van der Waals surface area (Å²) in [5, 5.41) is 12.5. The predicted molar refractivity (Wildman–Crippen MR) is 106 cm³/mol. The van der Waals surface area contributed by atoms with Gasteiger partial charge in [-0.25, -0.2) is 4.98 Å². The second kappa shape index (κ2) is 8.14. The van der Waals surface area contributed by atoms with Gasteiger partial charge in [0.25, 0.3) is 5.91 Å². The Hall–Kier alpha value is -4.67. The summed E-state index contributed by atoms with van der Waals surface area (Å²) in [4.78, 5) is 39.0. The minimum atomic E-state index is -0.700. The highest BCUT2D eigenvalue weighted by atomic mass is 16.6. The summed E-state index contributed by atoms with van der Waals surface area (Å²) in [7, 11) is 0. The summed E-state index contributed by atoms with van der Waals surface area (Å²) in [5.74, 6) is -0.762. The van der Waals surface area contributed by atoms with Gasteiger partial charge < -0.3 is 4.74 Å². The van der Waals surface area contributed by atoms with Crippen LogP contribution in [0.4, 0.5) is 11.5 Å². The van der Waals surface area contributed by atoms with E-state index in [2.05, 4.69) is 30.8 Å². The number of pyridine rings is 2. The maximum Gasteiger partial charge on any atom is 0.374 e. The lowest BCUT2D eigenvalue weighted by atomic mass is 10.2. The highest BCUT2D eigenvalue weighted by Crippen LogP contribution is 2.35. The summed E-state index contributed by atoms with van der Waals surface area (Å²) < 4.78 is 5.70. The number of para-hydroxylation sites is 1. The summed E-state index contributed by atoms with van der Waals surface area (Å²) in [5.41, 5.74) is 5.09. The number of hydrogen-bond acceptors (Lipinski definition) is 9. The van der Waals surface area contributed by atoms with Crippen LogP contribution in [0.15, 0.2) is 67.4 Å². The number of nitrogens with zero attached hydrogens (tertiary/aromatic N) is 5. The molecule has 0 atom stereocenters. The molecule has 1 aromatic carbocycles. The van der Waals surface area contributed by atoms with Crippen LogP contribution in [0.1, 0.15) is 10.4 Å². The zero-order valence-electron chi connectivity index (χ0n) is 15.2. The van der Waals surface area contributed by atoms with E-state index in [9.17, 15) is 14.9 Å². The van der Waals surface area contributed by atoms with Crippen LogP contribution in [0.25, 0.3) is 10.9 Å². The molecule has 0 radical (unpaired) electrons. The first kappa shape index (κ1) is 18.7. The Morgan fingerprint density at radius 2 is 1.80 bits per heavy atom. The molecule has 1 amide bonds. The van der Waals surface area contributed by atoms with E-state index in [1.54, 1.807) is 24.4 Å². The van der Waals surface area contributed by atoms with Crippen molar-refractivity contribution in [3.05, 3.63) is 83.1 Å². The van der Waals surface area contributed by atoms with Crippen molar-refractivity contribution < 1.29 is 14.5 Å². The number of benzene rings is 1. The van der Waals surface area contributed by atoms with Crippen molar-refractivity contribution >= 4 is 28.3 Å². The molecule has 0 unspecified atom stereocenters. The quantitative estimate of drug-likeness (QED) is 0.366. The van der Waals surface area contributed by atoms with E-state index in [0.29, 0.717) is 16.8 Å². The number of nitrogens with one attached hydrogen (secondary N) is 2. The van der Waals surface area contributed by atoms with E-state index in [4.69, 9.17) is 4.74 Å². The third-order valence-corrected chi connectivity index (χ3v) is 4.01. The van der Waals surface area contributed by atoms with Gasteiger partial charge in [0.1, 0.15) is 11.8 Å². The zero-order valence-corrected chi connectivity index (χ0v) is 15.2. The molecule has 0 bridgehead atoms. The van der Waals surface area contributed by atoms with Gasteiger partial charge in [-0.3, -0.25) is 35.7 Å². The molecular weight excluding hydrogens is 390 g/mol. The van der Waals surface area contributed by atoms with Gasteiger partial charge in [-0.1, -0.05) is 18.2 Å². The number of rotatable bonds is 6. The fraction of sp³-hybridized carbons (Fsp3) is 0. The standard InChI is InChI=1S/C19H13N7O4/c27-18(13-6-9-20-10-7-13)25-24-17-16(26(28)29)19(23-11-22-17)30-14-5-1-3-12-4-2-8-21-15(12)14/h1-11H,(H,25,27)(H,22,23,24). The van der Waals surface area contributed by atoms with Crippen molar-refractivity contribution in [3.63, 3.8) is 0 Å². The molecule has 4 aromatic rings. The largest absolute Gasteiger partial charge is 0.431 e. The smallest absolute Gasteiger partial charge is 0.374 e. The van der Waals surface area contributed by atoms with Gasteiger partial charge in [-0.05, 0) is 24.3 Å². The maximum atomic E-state index is 12.2. The molecule has 0 fully saturated rings. The Bertz CT molecular complexity index is 1230. The van der Waals surface area contributed by atoms with Gasteiger partial charge in [0.2, 0.25) is 5.82 Å². The van der Waals surface area contributed by atoms with Crippen LogP contribution in [0.2, 0.25) is 0 Å². The molecule has 11 nitrogen and oxygen atoms in total. The molecule has 0 aliphatic carbocycles. The monoisotopic (exact) mass is 403 g/mol. The normalized spacial score (nSPS) is 10.4. The Kier molecular flexibility index (Phi) is 5.07. The molecule has 4 rings (SSSR count). The van der Waals surface area contributed by atoms with Gasteiger partial charge in [0.15, 0.2) is 5.75 Å². The average molecular weight is 403 g/mol. The Labute approximate surface area is 168 Å². The number of anilines is 1. The van der Waals surface area contributed by atoms with Crippen molar-refractivity contribution in [2.24, 2.45) is 0 Å². The molecule has 0 aliphatic heterocycles. The SMILES string of the molecule is O=C(NNc1ncnc(Oc2cccc3cccnc23)c1[N+](=O)[O-])c1ccncc1. The van der Waals surface area contributed by atoms with E-state index in [1.807, 2.05) is 12.1 Å². The van der Waals surface area contributed by atoms with Crippen LogP contribution >= 0.6 is 0 Å². The fourth-order valence-corrected chi connectivity index (χ4v) is 2.65. The second-order valence-electron chi connectivity index (χ2n) is 5.88.